The smallest absolute Gasteiger partial charge is 0.0722 e. The standard InChI is InChI=1S/C49H32N2/c1-3-13-36(14-4-1)46-32-43(49-41-19-8-7-12-35(41)26-28-45(49)50-46)39-16-11-15-37(30-39)33-22-24-34(25-23-33)38-27-29-48-44(31-38)42-20-9-10-21-47(42)51(48)40-17-5-2-6-18-40/h1-32H. The number of benzene rings is 8. The Hall–Kier alpha value is -6.77. The molecule has 2 heteroatoms. The number of pyridine rings is 1. The third kappa shape index (κ3) is 5.00. The molecule has 0 bridgehead atoms. The second-order valence-electron chi connectivity index (χ2n) is 13.2. The number of hydrogen-bond donors (Lipinski definition) is 0. The van der Waals surface area contributed by atoms with Crippen molar-refractivity contribution in [1.82, 2.24) is 9.55 Å². The average molecular weight is 649 g/mol. The fraction of sp³-hybridized carbons (Fsp3) is 0. The van der Waals surface area contributed by atoms with Crippen LogP contribution >= 0.6 is 0 Å². The number of rotatable bonds is 5. The molecule has 0 aliphatic heterocycles. The van der Waals surface area contributed by atoms with Gasteiger partial charge >= 0.3 is 0 Å². The molecule has 2 nitrogen and oxygen atoms in total. The summed E-state index contributed by atoms with van der Waals surface area (Å²) in [6, 6.07) is 69.8. The van der Waals surface area contributed by atoms with Gasteiger partial charge in [-0.2, -0.15) is 0 Å². The van der Waals surface area contributed by atoms with Crippen LogP contribution in [0.3, 0.4) is 0 Å². The Bertz CT molecular complexity index is 2880. The van der Waals surface area contributed by atoms with Crippen LogP contribution in [0.15, 0.2) is 194 Å². The van der Waals surface area contributed by atoms with Crippen molar-refractivity contribution in [3.05, 3.63) is 194 Å². The lowest BCUT2D eigenvalue weighted by molar-refractivity contribution is 1.18. The summed E-state index contributed by atoms with van der Waals surface area (Å²) in [6.45, 7) is 0. The van der Waals surface area contributed by atoms with Gasteiger partial charge in [0, 0.05) is 27.4 Å². The van der Waals surface area contributed by atoms with Crippen molar-refractivity contribution < 1.29 is 0 Å². The van der Waals surface area contributed by atoms with Gasteiger partial charge < -0.3 is 4.57 Å². The molecule has 0 unspecified atom stereocenters. The summed E-state index contributed by atoms with van der Waals surface area (Å²) < 4.78 is 2.36. The van der Waals surface area contributed by atoms with Gasteiger partial charge in [0.1, 0.15) is 0 Å². The molecule has 0 spiro atoms. The van der Waals surface area contributed by atoms with Crippen LogP contribution < -0.4 is 0 Å². The molecule has 10 aromatic rings. The van der Waals surface area contributed by atoms with Crippen molar-refractivity contribution in [2.24, 2.45) is 0 Å². The maximum atomic E-state index is 5.15. The predicted octanol–water partition coefficient (Wildman–Crippen LogP) is 13.2. The minimum atomic E-state index is 0.979. The molecule has 0 aliphatic rings. The van der Waals surface area contributed by atoms with Crippen molar-refractivity contribution in [1.29, 1.82) is 0 Å². The molecule has 8 aromatic carbocycles. The van der Waals surface area contributed by atoms with Gasteiger partial charge in [-0.05, 0) is 92.7 Å². The SMILES string of the molecule is c1ccc(-c2cc(-c3cccc(-c4ccc(-c5ccc6c(c5)c5ccccc5n6-c5ccccc5)cc4)c3)c3c(ccc4ccccc43)n2)cc1. The van der Waals surface area contributed by atoms with Crippen LogP contribution in [-0.4, -0.2) is 9.55 Å². The molecule has 0 saturated heterocycles. The van der Waals surface area contributed by atoms with E-state index in [2.05, 4.69) is 199 Å². The molecule has 238 valence electrons. The van der Waals surface area contributed by atoms with E-state index < -0.39 is 0 Å². The van der Waals surface area contributed by atoms with Crippen LogP contribution in [0.1, 0.15) is 0 Å². The summed E-state index contributed by atoms with van der Waals surface area (Å²) in [5, 5.41) is 6.14. The van der Waals surface area contributed by atoms with Gasteiger partial charge in [0.2, 0.25) is 0 Å². The van der Waals surface area contributed by atoms with E-state index in [1.807, 2.05) is 0 Å². The zero-order valence-corrected chi connectivity index (χ0v) is 27.9. The third-order valence-electron chi connectivity index (χ3n) is 10.2. The monoisotopic (exact) mass is 648 g/mol. The zero-order chi connectivity index (χ0) is 33.7. The van der Waals surface area contributed by atoms with Gasteiger partial charge in [-0.25, -0.2) is 4.98 Å². The second kappa shape index (κ2) is 12.0. The Morgan fingerprint density at radius 2 is 0.961 bits per heavy atom. The van der Waals surface area contributed by atoms with Crippen LogP contribution in [0.4, 0.5) is 0 Å². The molecule has 10 rings (SSSR count). The third-order valence-corrected chi connectivity index (χ3v) is 10.2. The van der Waals surface area contributed by atoms with Crippen molar-refractivity contribution >= 4 is 43.5 Å². The largest absolute Gasteiger partial charge is 0.309 e. The highest BCUT2D eigenvalue weighted by Gasteiger charge is 2.15. The molecule has 51 heavy (non-hydrogen) atoms. The number of para-hydroxylation sites is 2. The summed E-state index contributed by atoms with van der Waals surface area (Å²) in [6.07, 6.45) is 0. The predicted molar refractivity (Wildman–Crippen MR) is 215 cm³/mol. The summed E-state index contributed by atoms with van der Waals surface area (Å²) in [5.74, 6) is 0. The molecule has 0 aliphatic carbocycles. The first kappa shape index (κ1) is 29.2. The van der Waals surface area contributed by atoms with Gasteiger partial charge in [-0.15, -0.1) is 0 Å². The van der Waals surface area contributed by atoms with Crippen molar-refractivity contribution in [2.45, 2.75) is 0 Å². The molecular weight excluding hydrogens is 617 g/mol. The lowest BCUT2D eigenvalue weighted by atomic mass is 9.92. The lowest BCUT2D eigenvalue weighted by Crippen LogP contribution is -1.92. The molecule has 0 saturated carbocycles. The van der Waals surface area contributed by atoms with Gasteiger partial charge in [-0.3, -0.25) is 0 Å². The van der Waals surface area contributed by atoms with E-state index in [4.69, 9.17) is 4.98 Å². The van der Waals surface area contributed by atoms with Gasteiger partial charge in [0.15, 0.2) is 0 Å². The van der Waals surface area contributed by atoms with Crippen LogP contribution in [0.25, 0.3) is 93.8 Å². The number of aromatic nitrogens is 2. The maximum absolute atomic E-state index is 5.15. The van der Waals surface area contributed by atoms with Gasteiger partial charge in [0.25, 0.3) is 0 Å². The number of hydrogen-bond acceptors (Lipinski definition) is 1. The van der Waals surface area contributed by atoms with Crippen LogP contribution in [-0.2, 0) is 0 Å². The first-order valence-electron chi connectivity index (χ1n) is 17.5. The van der Waals surface area contributed by atoms with E-state index >= 15 is 0 Å². The first-order chi connectivity index (χ1) is 25.3. The van der Waals surface area contributed by atoms with E-state index in [9.17, 15) is 0 Å². The Kier molecular flexibility index (Phi) is 6.85. The Labute approximate surface area is 296 Å². The lowest BCUT2D eigenvalue weighted by Gasteiger charge is -2.14. The summed E-state index contributed by atoms with van der Waals surface area (Å²) in [7, 11) is 0. The van der Waals surface area contributed by atoms with E-state index in [0.717, 1.165) is 16.8 Å². The quantitative estimate of drug-likeness (QED) is 0.170. The molecule has 0 amide bonds. The van der Waals surface area contributed by atoms with Crippen molar-refractivity contribution in [2.75, 3.05) is 0 Å². The molecule has 2 aromatic heterocycles. The van der Waals surface area contributed by atoms with Gasteiger partial charge in [0.05, 0.1) is 22.2 Å². The van der Waals surface area contributed by atoms with Crippen molar-refractivity contribution in [3.8, 4) is 50.3 Å². The zero-order valence-electron chi connectivity index (χ0n) is 27.9. The molecule has 2 heterocycles. The van der Waals surface area contributed by atoms with Crippen molar-refractivity contribution in [3.63, 3.8) is 0 Å². The first-order valence-corrected chi connectivity index (χ1v) is 17.5. The van der Waals surface area contributed by atoms with Crippen LogP contribution in [0, 0.1) is 0 Å². The summed E-state index contributed by atoms with van der Waals surface area (Å²) in [4.78, 5) is 5.15. The van der Waals surface area contributed by atoms with Crippen LogP contribution in [0.5, 0.6) is 0 Å². The van der Waals surface area contributed by atoms with E-state index in [1.165, 1.54) is 77.0 Å². The fourth-order valence-corrected chi connectivity index (χ4v) is 7.72. The minimum absolute atomic E-state index is 0.979. The Morgan fingerprint density at radius 3 is 1.76 bits per heavy atom. The summed E-state index contributed by atoms with van der Waals surface area (Å²) in [5.41, 5.74) is 13.9. The van der Waals surface area contributed by atoms with Crippen LogP contribution in [0.2, 0.25) is 0 Å². The minimum Gasteiger partial charge on any atom is -0.309 e. The average Bonchev–Trinajstić information content (AvgIpc) is 3.55. The van der Waals surface area contributed by atoms with E-state index in [-0.39, 0.29) is 0 Å². The molecular formula is C49H32N2. The topological polar surface area (TPSA) is 17.8 Å². The van der Waals surface area contributed by atoms with E-state index in [1.54, 1.807) is 0 Å². The normalized spacial score (nSPS) is 11.5. The molecule has 0 radical (unpaired) electrons. The summed E-state index contributed by atoms with van der Waals surface area (Å²) >= 11 is 0. The Balaban J connectivity index is 1.06. The Morgan fingerprint density at radius 1 is 0.353 bits per heavy atom. The second-order valence-corrected chi connectivity index (χ2v) is 13.2. The highest BCUT2D eigenvalue weighted by Crippen LogP contribution is 2.39. The highest BCUT2D eigenvalue weighted by molar-refractivity contribution is 6.14. The van der Waals surface area contributed by atoms with E-state index in [0.29, 0.717) is 0 Å². The molecule has 0 atom stereocenters. The maximum Gasteiger partial charge on any atom is 0.0722 e. The molecule has 0 fully saturated rings. The number of nitrogens with zero attached hydrogens (tertiary/aromatic N) is 2. The molecule has 0 N–H and O–H groups in total. The highest BCUT2D eigenvalue weighted by atomic mass is 15.0. The number of fused-ring (bicyclic) bond motifs is 6. The fourth-order valence-electron chi connectivity index (χ4n) is 7.72. The van der Waals surface area contributed by atoms with Gasteiger partial charge in [-0.1, -0.05) is 146 Å².